The minimum Gasteiger partial charge on any atom is -0.482 e. The lowest BCUT2D eigenvalue weighted by Crippen LogP contribution is -2.27. The number of carbonyl (C=O) groups is 2. The lowest BCUT2D eigenvalue weighted by atomic mass is 10.2. The number of hydrogen-bond donors (Lipinski definition) is 1. The third-order valence-corrected chi connectivity index (χ3v) is 2.30. The van der Waals surface area contributed by atoms with Crippen LogP contribution in [0.25, 0.3) is 0 Å². The molecule has 0 heterocycles. The van der Waals surface area contributed by atoms with Crippen LogP contribution in [-0.2, 0) is 14.3 Å². The highest BCUT2D eigenvalue weighted by atomic mass is 16.6. The summed E-state index contributed by atoms with van der Waals surface area (Å²) >= 11 is 0. The van der Waals surface area contributed by atoms with Crippen molar-refractivity contribution in [2.45, 2.75) is 32.8 Å². The van der Waals surface area contributed by atoms with E-state index in [1.807, 2.05) is 0 Å². The highest BCUT2D eigenvalue weighted by Gasteiger charge is 2.16. The van der Waals surface area contributed by atoms with Gasteiger partial charge in [0.05, 0.1) is 12.3 Å². The van der Waals surface area contributed by atoms with Crippen molar-refractivity contribution in [3.63, 3.8) is 0 Å². The standard InChI is InChI=1S/C16H19N3O4/c1-16(2,3)23-15(21)11-22-13-6-4-12(5-7-13)10-18-19-14(20)8-9-17/h4-7,10H,8,11H2,1-3H3,(H,19,20)/b18-10-. The fraction of sp³-hybridized carbons (Fsp3) is 0.375. The van der Waals surface area contributed by atoms with Crippen LogP contribution in [-0.4, -0.2) is 30.3 Å². The molecule has 7 nitrogen and oxygen atoms in total. The summed E-state index contributed by atoms with van der Waals surface area (Å²) in [5, 5.41) is 12.0. The largest absolute Gasteiger partial charge is 0.482 e. The SMILES string of the molecule is CC(C)(C)OC(=O)COc1ccc(/C=N\NC(=O)CC#N)cc1. The molecule has 0 bridgehead atoms. The van der Waals surface area contributed by atoms with Gasteiger partial charge in [0.1, 0.15) is 17.8 Å². The number of carbonyl (C=O) groups excluding carboxylic acids is 2. The molecule has 0 fully saturated rings. The number of esters is 1. The first-order chi connectivity index (χ1) is 10.8. The molecule has 1 aromatic carbocycles. The Bertz CT molecular complexity index is 610. The van der Waals surface area contributed by atoms with Crippen molar-refractivity contribution >= 4 is 18.1 Å². The van der Waals surface area contributed by atoms with Gasteiger partial charge >= 0.3 is 5.97 Å². The zero-order valence-corrected chi connectivity index (χ0v) is 13.3. The zero-order valence-electron chi connectivity index (χ0n) is 13.3. The van der Waals surface area contributed by atoms with Gasteiger partial charge in [0.2, 0.25) is 0 Å². The monoisotopic (exact) mass is 317 g/mol. The van der Waals surface area contributed by atoms with Crippen LogP contribution in [0, 0.1) is 11.3 Å². The molecule has 0 saturated carbocycles. The summed E-state index contributed by atoms with van der Waals surface area (Å²) in [6, 6.07) is 8.48. The number of benzene rings is 1. The van der Waals surface area contributed by atoms with E-state index in [2.05, 4.69) is 10.5 Å². The van der Waals surface area contributed by atoms with Crippen molar-refractivity contribution in [3.05, 3.63) is 29.8 Å². The molecule has 0 atom stereocenters. The van der Waals surface area contributed by atoms with Gasteiger partial charge in [0, 0.05) is 0 Å². The molecular weight excluding hydrogens is 298 g/mol. The summed E-state index contributed by atoms with van der Waals surface area (Å²) in [6.45, 7) is 5.19. The summed E-state index contributed by atoms with van der Waals surface area (Å²) in [4.78, 5) is 22.6. The van der Waals surface area contributed by atoms with Crippen LogP contribution in [0.1, 0.15) is 32.8 Å². The minimum atomic E-state index is -0.545. The van der Waals surface area contributed by atoms with Gasteiger partial charge in [-0.15, -0.1) is 0 Å². The average Bonchev–Trinajstić information content (AvgIpc) is 2.45. The molecule has 1 N–H and O–H groups in total. The Morgan fingerprint density at radius 3 is 2.52 bits per heavy atom. The van der Waals surface area contributed by atoms with Crippen molar-refractivity contribution in [2.24, 2.45) is 5.10 Å². The first-order valence-corrected chi connectivity index (χ1v) is 6.94. The van der Waals surface area contributed by atoms with Crippen LogP contribution < -0.4 is 10.2 Å². The molecule has 0 saturated heterocycles. The van der Waals surface area contributed by atoms with E-state index in [0.717, 1.165) is 5.56 Å². The summed E-state index contributed by atoms with van der Waals surface area (Å²) < 4.78 is 10.4. The topological polar surface area (TPSA) is 101 Å². The molecule has 1 aromatic rings. The molecule has 23 heavy (non-hydrogen) atoms. The molecule has 7 heteroatoms. The van der Waals surface area contributed by atoms with E-state index >= 15 is 0 Å². The summed E-state index contributed by atoms with van der Waals surface area (Å²) in [5.41, 5.74) is 2.41. The van der Waals surface area contributed by atoms with Gasteiger partial charge in [0.25, 0.3) is 5.91 Å². The van der Waals surface area contributed by atoms with Gasteiger partial charge in [0.15, 0.2) is 6.61 Å². The average molecular weight is 317 g/mol. The van der Waals surface area contributed by atoms with Crippen molar-refractivity contribution in [1.29, 1.82) is 5.26 Å². The van der Waals surface area contributed by atoms with E-state index in [1.165, 1.54) is 6.21 Å². The van der Waals surface area contributed by atoms with E-state index in [0.29, 0.717) is 5.75 Å². The Morgan fingerprint density at radius 1 is 1.30 bits per heavy atom. The first-order valence-electron chi connectivity index (χ1n) is 6.94. The Labute approximate surface area is 134 Å². The number of rotatable bonds is 6. The highest BCUT2D eigenvalue weighted by molar-refractivity contribution is 5.83. The second-order valence-corrected chi connectivity index (χ2v) is 5.57. The van der Waals surface area contributed by atoms with E-state index in [1.54, 1.807) is 51.1 Å². The van der Waals surface area contributed by atoms with E-state index < -0.39 is 17.5 Å². The molecule has 0 unspecified atom stereocenters. The van der Waals surface area contributed by atoms with Crippen LogP contribution >= 0.6 is 0 Å². The Kier molecular flexibility index (Phi) is 6.74. The van der Waals surface area contributed by atoms with Gasteiger partial charge in [-0.05, 0) is 50.6 Å². The Balaban J connectivity index is 2.45. The lowest BCUT2D eigenvalue weighted by molar-refractivity contribution is -0.157. The maximum atomic E-state index is 11.5. The maximum absolute atomic E-state index is 11.5. The quantitative estimate of drug-likeness (QED) is 0.489. The van der Waals surface area contributed by atoms with Crippen LogP contribution in [0.15, 0.2) is 29.4 Å². The molecule has 1 rings (SSSR count). The molecule has 122 valence electrons. The zero-order chi connectivity index (χ0) is 17.3. The first kappa shape index (κ1) is 18.2. The van der Waals surface area contributed by atoms with Gasteiger partial charge in [-0.2, -0.15) is 10.4 Å². The molecule has 0 aliphatic rings. The molecule has 0 radical (unpaired) electrons. The normalized spacial score (nSPS) is 10.9. The fourth-order valence-corrected chi connectivity index (χ4v) is 1.45. The molecule has 0 aliphatic carbocycles. The van der Waals surface area contributed by atoms with Crippen LogP contribution in [0.3, 0.4) is 0 Å². The van der Waals surface area contributed by atoms with Crippen molar-refractivity contribution < 1.29 is 19.1 Å². The van der Waals surface area contributed by atoms with Gasteiger partial charge < -0.3 is 9.47 Å². The fourth-order valence-electron chi connectivity index (χ4n) is 1.45. The van der Waals surface area contributed by atoms with Gasteiger partial charge in [-0.3, -0.25) is 4.79 Å². The van der Waals surface area contributed by atoms with Crippen molar-refractivity contribution in [2.75, 3.05) is 6.61 Å². The number of ether oxygens (including phenoxy) is 2. The number of hydrogen-bond acceptors (Lipinski definition) is 6. The van der Waals surface area contributed by atoms with Gasteiger partial charge in [-0.1, -0.05) is 0 Å². The third kappa shape index (κ3) is 8.21. The van der Waals surface area contributed by atoms with Crippen molar-refractivity contribution in [1.82, 2.24) is 5.43 Å². The summed E-state index contributed by atoms with van der Waals surface area (Å²) in [5.74, 6) is -0.397. The van der Waals surface area contributed by atoms with Crippen LogP contribution in [0.2, 0.25) is 0 Å². The lowest BCUT2D eigenvalue weighted by Gasteiger charge is -2.19. The summed E-state index contributed by atoms with van der Waals surface area (Å²) in [6.07, 6.45) is 1.20. The molecule has 0 aromatic heterocycles. The van der Waals surface area contributed by atoms with Crippen LogP contribution in [0.4, 0.5) is 0 Å². The number of hydrazone groups is 1. The second-order valence-electron chi connectivity index (χ2n) is 5.57. The predicted octanol–water partition coefficient (Wildman–Crippen LogP) is 1.77. The van der Waals surface area contributed by atoms with Crippen LogP contribution in [0.5, 0.6) is 5.75 Å². The summed E-state index contributed by atoms with van der Waals surface area (Å²) in [7, 11) is 0. The number of nitriles is 1. The third-order valence-electron chi connectivity index (χ3n) is 2.30. The Hall–Kier alpha value is -2.88. The second kappa shape index (κ2) is 8.54. The highest BCUT2D eigenvalue weighted by Crippen LogP contribution is 2.12. The van der Waals surface area contributed by atoms with E-state index in [-0.39, 0.29) is 13.0 Å². The molecule has 0 aliphatic heterocycles. The smallest absolute Gasteiger partial charge is 0.344 e. The van der Waals surface area contributed by atoms with E-state index in [4.69, 9.17) is 14.7 Å². The van der Waals surface area contributed by atoms with Gasteiger partial charge in [-0.25, -0.2) is 10.2 Å². The number of nitrogens with one attached hydrogen (secondary N) is 1. The Morgan fingerprint density at radius 2 is 1.96 bits per heavy atom. The predicted molar refractivity (Wildman–Crippen MR) is 83.7 cm³/mol. The maximum Gasteiger partial charge on any atom is 0.344 e. The molecule has 1 amide bonds. The number of amides is 1. The molecular formula is C16H19N3O4. The van der Waals surface area contributed by atoms with Crippen molar-refractivity contribution in [3.8, 4) is 11.8 Å². The minimum absolute atomic E-state index is 0.172. The number of nitrogens with zero attached hydrogens (tertiary/aromatic N) is 2. The molecule has 0 spiro atoms. The van der Waals surface area contributed by atoms with E-state index in [9.17, 15) is 9.59 Å².